The van der Waals surface area contributed by atoms with Crippen LogP contribution in [-0.4, -0.2) is 30.4 Å². The number of H-pyrrole nitrogens is 1. The zero-order valence-electron chi connectivity index (χ0n) is 10.9. The summed E-state index contributed by atoms with van der Waals surface area (Å²) in [6.45, 7) is 0. The van der Waals surface area contributed by atoms with Crippen LogP contribution >= 0.6 is 12.2 Å². The van der Waals surface area contributed by atoms with Crippen LogP contribution in [0.5, 0.6) is 0 Å². The topological polar surface area (TPSA) is 54.9 Å². The Bertz CT molecular complexity index is 889. The maximum atomic E-state index is 13.3. The van der Waals surface area contributed by atoms with Gasteiger partial charge in [-0.1, -0.05) is 6.07 Å². The van der Waals surface area contributed by atoms with Crippen molar-refractivity contribution in [3.05, 3.63) is 23.0 Å². The van der Waals surface area contributed by atoms with Crippen molar-refractivity contribution in [2.75, 3.05) is 6.26 Å². The minimum absolute atomic E-state index is 0.0529. The van der Waals surface area contributed by atoms with Crippen molar-refractivity contribution in [1.82, 2.24) is 9.55 Å². The fraction of sp³-hybridized carbons (Fsp3) is 0.417. The molecule has 0 atom stereocenters. The fourth-order valence-corrected chi connectivity index (χ4v) is 3.82. The summed E-state index contributed by atoms with van der Waals surface area (Å²) in [7, 11) is -3.57. The monoisotopic (exact) mass is 336 g/mol. The molecule has 0 amide bonds. The van der Waals surface area contributed by atoms with Crippen molar-refractivity contribution in [2.24, 2.45) is 0 Å². The number of halogens is 3. The van der Waals surface area contributed by atoms with Crippen molar-refractivity contribution in [1.29, 1.82) is 0 Å². The highest BCUT2D eigenvalue weighted by atomic mass is 32.2. The first-order valence-electron chi connectivity index (χ1n) is 6.09. The average Bonchev–Trinajstić information content (AvgIpc) is 3.05. The molecule has 9 heteroatoms. The average molecular weight is 336 g/mol. The summed E-state index contributed by atoms with van der Waals surface area (Å²) in [5, 5.41) is 0. The summed E-state index contributed by atoms with van der Waals surface area (Å²) in [4.78, 5) is 2.57. The van der Waals surface area contributed by atoms with Gasteiger partial charge in [0.25, 0.3) is 0 Å². The van der Waals surface area contributed by atoms with Gasteiger partial charge in [0.1, 0.15) is 5.54 Å². The molecule has 1 aliphatic rings. The molecule has 1 fully saturated rings. The molecule has 1 aromatic heterocycles. The Balaban J connectivity index is 2.38. The van der Waals surface area contributed by atoms with E-state index in [2.05, 4.69) is 4.98 Å². The van der Waals surface area contributed by atoms with E-state index >= 15 is 0 Å². The minimum atomic E-state index is -4.43. The van der Waals surface area contributed by atoms with Crippen LogP contribution in [0.3, 0.4) is 0 Å². The van der Waals surface area contributed by atoms with E-state index in [4.69, 9.17) is 12.2 Å². The van der Waals surface area contributed by atoms with Gasteiger partial charge < -0.3 is 9.55 Å². The van der Waals surface area contributed by atoms with Crippen LogP contribution in [-0.2, 0) is 15.4 Å². The number of aromatic amines is 1. The molecule has 2 aromatic rings. The molecule has 21 heavy (non-hydrogen) atoms. The second-order valence-corrected chi connectivity index (χ2v) is 7.59. The number of nitrogens with zero attached hydrogens (tertiary/aromatic N) is 1. The van der Waals surface area contributed by atoms with Crippen LogP contribution in [0.15, 0.2) is 23.1 Å². The van der Waals surface area contributed by atoms with Gasteiger partial charge in [0, 0.05) is 6.26 Å². The number of hydrogen-bond donors (Lipinski definition) is 1. The highest BCUT2D eigenvalue weighted by Crippen LogP contribution is 2.56. The lowest BCUT2D eigenvalue weighted by Gasteiger charge is -2.21. The van der Waals surface area contributed by atoms with Gasteiger partial charge >= 0.3 is 6.18 Å². The lowest BCUT2D eigenvalue weighted by atomic mass is 10.2. The number of para-hydroxylation sites is 1. The normalized spacial score (nSPS) is 18.1. The van der Waals surface area contributed by atoms with Crippen LogP contribution in [0.25, 0.3) is 11.0 Å². The second-order valence-electron chi connectivity index (χ2n) is 5.22. The Morgan fingerprint density at radius 1 is 1.33 bits per heavy atom. The van der Waals surface area contributed by atoms with E-state index in [1.165, 1.54) is 18.2 Å². The summed E-state index contributed by atoms with van der Waals surface area (Å²) in [6, 6.07) is 4.22. The lowest BCUT2D eigenvalue weighted by molar-refractivity contribution is -0.179. The zero-order valence-corrected chi connectivity index (χ0v) is 12.5. The van der Waals surface area contributed by atoms with Gasteiger partial charge in [-0.15, -0.1) is 0 Å². The number of sulfone groups is 1. The summed E-state index contributed by atoms with van der Waals surface area (Å²) in [6.07, 6.45) is -3.53. The predicted molar refractivity (Wildman–Crippen MR) is 73.5 cm³/mol. The van der Waals surface area contributed by atoms with Gasteiger partial charge in [0.2, 0.25) is 0 Å². The lowest BCUT2D eigenvalue weighted by Crippen LogP contribution is -2.34. The van der Waals surface area contributed by atoms with Crippen LogP contribution in [0.1, 0.15) is 12.8 Å². The summed E-state index contributed by atoms with van der Waals surface area (Å²) in [5.74, 6) is 0. The van der Waals surface area contributed by atoms with Gasteiger partial charge in [-0.3, -0.25) is 0 Å². The Morgan fingerprint density at radius 3 is 2.43 bits per heavy atom. The van der Waals surface area contributed by atoms with E-state index in [1.54, 1.807) is 0 Å². The van der Waals surface area contributed by atoms with Crippen molar-refractivity contribution in [2.45, 2.75) is 29.5 Å². The molecular formula is C12H11F3N2O2S2. The molecule has 1 N–H and O–H groups in total. The molecule has 1 aliphatic carbocycles. The van der Waals surface area contributed by atoms with Crippen molar-refractivity contribution in [3.8, 4) is 0 Å². The van der Waals surface area contributed by atoms with E-state index in [-0.39, 0.29) is 33.5 Å². The van der Waals surface area contributed by atoms with Crippen LogP contribution in [0, 0.1) is 4.77 Å². The Hall–Kier alpha value is -1.35. The maximum absolute atomic E-state index is 13.3. The van der Waals surface area contributed by atoms with Crippen LogP contribution in [0.2, 0.25) is 0 Å². The van der Waals surface area contributed by atoms with Crippen LogP contribution in [0.4, 0.5) is 13.2 Å². The summed E-state index contributed by atoms with van der Waals surface area (Å²) < 4.78 is 64.3. The van der Waals surface area contributed by atoms with E-state index in [1.807, 2.05) is 0 Å². The maximum Gasteiger partial charge on any atom is 0.412 e. The first-order valence-corrected chi connectivity index (χ1v) is 8.39. The third-order valence-electron chi connectivity index (χ3n) is 3.76. The largest absolute Gasteiger partial charge is 0.412 e. The number of nitrogens with one attached hydrogen (secondary N) is 1. The number of benzene rings is 1. The molecule has 114 valence electrons. The van der Waals surface area contributed by atoms with E-state index in [9.17, 15) is 21.6 Å². The molecule has 4 nitrogen and oxygen atoms in total. The Labute approximate surface area is 123 Å². The fourth-order valence-electron chi connectivity index (χ4n) is 2.59. The molecule has 1 saturated carbocycles. The van der Waals surface area contributed by atoms with Crippen molar-refractivity contribution >= 4 is 33.1 Å². The number of alkyl halides is 3. The third kappa shape index (κ3) is 2.02. The highest BCUT2D eigenvalue weighted by Gasteiger charge is 2.65. The SMILES string of the molecule is CS(=O)(=O)c1cccc2c1[nH]c(=S)n2C1(C(F)(F)F)CC1. The standard InChI is InChI=1S/C12H11F3N2O2S2/c1-21(18,19)8-4-2-3-7-9(8)16-10(20)17(7)11(5-6-11)12(13,14)15/h2-4H,5-6H2,1H3,(H,16,20). The molecule has 0 radical (unpaired) electrons. The summed E-state index contributed by atoms with van der Waals surface area (Å²) >= 11 is 5.01. The number of imidazole rings is 1. The van der Waals surface area contributed by atoms with Gasteiger partial charge in [0.15, 0.2) is 14.6 Å². The Kier molecular flexibility index (Phi) is 2.85. The molecule has 0 saturated heterocycles. The number of fused-ring (bicyclic) bond motifs is 1. The third-order valence-corrected chi connectivity index (χ3v) is 5.18. The van der Waals surface area contributed by atoms with E-state index in [0.29, 0.717) is 0 Å². The molecule has 1 heterocycles. The first kappa shape index (κ1) is 14.6. The molecule has 0 bridgehead atoms. The smallest absolute Gasteiger partial charge is 0.329 e. The van der Waals surface area contributed by atoms with Gasteiger partial charge in [-0.05, 0) is 37.2 Å². The van der Waals surface area contributed by atoms with Gasteiger partial charge in [-0.25, -0.2) is 8.42 Å². The van der Waals surface area contributed by atoms with Crippen LogP contribution < -0.4 is 0 Å². The van der Waals surface area contributed by atoms with Crippen molar-refractivity contribution in [3.63, 3.8) is 0 Å². The number of hydrogen-bond acceptors (Lipinski definition) is 3. The minimum Gasteiger partial charge on any atom is -0.329 e. The molecule has 0 spiro atoms. The number of rotatable bonds is 2. The van der Waals surface area contributed by atoms with E-state index < -0.39 is 21.6 Å². The van der Waals surface area contributed by atoms with Crippen molar-refractivity contribution < 1.29 is 21.6 Å². The van der Waals surface area contributed by atoms with E-state index in [0.717, 1.165) is 10.8 Å². The van der Waals surface area contributed by atoms with Gasteiger partial charge in [0.05, 0.1) is 15.9 Å². The molecule has 0 aliphatic heterocycles. The summed E-state index contributed by atoms with van der Waals surface area (Å²) in [5.41, 5.74) is -1.73. The quantitative estimate of drug-likeness (QED) is 0.857. The molecule has 0 unspecified atom stereocenters. The Morgan fingerprint density at radius 2 is 1.95 bits per heavy atom. The molecular weight excluding hydrogens is 325 g/mol. The highest BCUT2D eigenvalue weighted by molar-refractivity contribution is 7.91. The van der Waals surface area contributed by atoms with Gasteiger partial charge in [-0.2, -0.15) is 13.2 Å². The molecule has 1 aromatic carbocycles. The first-order chi connectivity index (χ1) is 9.58. The molecule has 3 rings (SSSR count). The zero-order chi connectivity index (χ0) is 15.6. The predicted octanol–water partition coefficient (Wildman–Crippen LogP) is 3.15. The number of aromatic nitrogens is 2. The second kappa shape index (κ2) is 4.10.